The fraction of sp³-hybridized carbons (Fsp3) is 0.586. The summed E-state index contributed by atoms with van der Waals surface area (Å²) >= 11 is 0. The van der Waals surface area contributed by atoms with Crippen molar-refractivity contribution >= 4 is 15.7 Å². The lowest BCUT2D eigenvalue weighted by atomic mass is 9.54. The number of carbonyl (C=O) groups is 1. The maximum absolute atomic E-state index is 13.0. The highest BCUT2D eigenvalue weighted by atomic mass is 32.2. The lowest BCUT2D eigenvalue weighted by Crippen LogP contribution is -2.55. The first-order valence-corrected chi connectivity index (χ1v) is 15.3. The van der Waals surface area contributed by atoms with Crippen molar-refractivity contribution in [1.29, 1.82) is 0 Å². The van der Waals surface area contributed by atoms with E-state index in [0.717, 1.165) is 43.3 Å². The van der Waals surface area contributed by atoms with Crippen LogP contribution in [-0.4, -0.2) is 37.2 Å². The van der Waals surface area contributed by atoms with Gasteiger partial charge in [0.2, 0.25) is 0 Å². The summed E-state index contributed by atoms with van der Waals surface area (Å²) in [4.78, 5) is 17.0. The summed E-state index contributed by atoms with van der Waals surface area (Å²) in [6.07, 6.45) is 11.5. The summed E-state index contributed by atoms with van der Waals surface area (Å²) in [5.41, 5.74) is 0.694. The Hall–Kier alpha value is -2.41. The van der Waals surface area contributed by atoms with Gasteiger partial charge >= 0.3 is 0 Å². The average Bonchev–Trinajstić information content (AvgIpc) is 2.88. The quantitative estimate of drug-likeness (QED) is 0.566. The molecule has 5 saturated carbocycles. The molecule has 1 aromatic heterocycles. The second-order valence-electron chi connectivity index (χ2n) is 11.7. The van der Waals surface area contributed by atoms with E-state index in [0.29, 0.717) is 23.4 Å². The number of aromatic nitrogens is 1. The maximum atomic E-state index is 13.0. The average molecular weight is 509 g/mol. The standard InChI is InChI=1S/C29H36N2O4S/c32-29(31-28-23-14-20-13-21(16-23)17-24(28)15-20)22-6-10-26(11-7-22)35-25-8-4-19(5-9-25)18-36(33,34)27-3-1-2-12-30-27/h1-3,6-7,10-12,19-21,23-25,28H,4-5,8-9,13-18H2,(H,31,32). The number of ether oxygens (including phenoxy) is 1. The van der Waals surface area contributed by atoms with Crippen LogP contribution in [-0.2, 0) is 9.84 Å². The Balaban J connectivity index is 0.987. The molecule has 0 aliphatic heterocycles. The smallest absolute Gasteiger partial charge is 0.251 e. The van der Waals surface area contributed by atoms with E-state index in [4.69, 9.17) is 4.74 Å². The largest absolute Gasteiger partial charge is 0.490 e. The molecule has 1 amide bonds. The minimum atomic E-state index is -3.36. The molecule has 36 heavy (non-hydrogen) atoms. The summed E-state index contributed by atoms with van der Waals surface area (Å²) in [6.45, 7) is 0. The highest BCUT2D eigenvalue weighted by Gasteiger charge is 2.48. The number of nitrogens with one attached hydrogen (secondary N) is 1. The Bertz CT molecular complexity index is 1150. The zero-order valence-corrected chi connectivity index (χ0v) is 21.5. The van der Waals surface area contributed by atoms with Gasteiger partial charge in [0.1, 0.15) is 5.75 Å². The molecule has 1 N–H and O–H groups in total. The highest BCUT2D eigenvalue weighted by molar-refractivity contribution is 7.91. The molecule has 0 spiro atoms. The van der Waals surface area contributed by atoms with Gasteiger partial charge in [-0.2, -0.15) is 0 Å². The molecule has 0 radical (unpaired) electrons. The summed E-state index contributed by atoms with van der Waals surface area (Å²) in [7, 11) is -3.36. The minimum absolute atomic E-state index is 0.0358. The summed E-state index contributed by atoms with van der Waals surface area (Å²) in [5.74, 6) is 4.22. The van der Waals surface area contributed by atoms with Gasteiger partial charge < -0.3 is 10.1 Å². The van der Waals surface area contributed by atoms with Crippen LogP contribution in [0.15, 0.2) is 53.7 Å². The molecule has 0 unspecified atom stereocenters. The first-order valence-electron chi connectivity index (χ1n) is 13.6. The Labute approximate surface area is 214 Å². The Kier molecular flexibility index (Phi) is 6.53. The van der Waals surface area contributed by atoms with E-state index in [1.54, 1.807) is 18.2 Å². The third-order valence-corrected chi connectivity index (χ3v) is 10.9. The van der Waals surface area contributed by atoms with Crippen LogP contribution >= 0.6 is 0 Å². The molecule has 5 fully saturated rings. The molecule has 2 aromatic rings. The molecular formula is C29H36N2O4S. The number of carbonyl (C=O) groups excluding carboxylic acids is 1. The lowest BCUT2D eigenvalue weighted by Gasteiger charge is -2.54. The number of amides is 1. The van der Waals surface area contributed by atoms with Gasteiger partial charge in [0.25, 0.3) is 5.91 Å². The Morgan fingerprint density at radius 1 is 0.889 bits per heavy atom. The van der Waals surface area contributed by atoms with Crippen LogP contribution in [0.5, 0.6) is 5.75 Å². The zero-order chi connectivity index (χ0) is 24.7. The number of hydrogen-bond donors (Lipinski definition) is 1. The van der Waals surface area contributed by atoms with Crippen LogP contribution in [0.3, 0.4) is 0 Å². The summed E-state index contributed by atoms with van der Waals surface area (Å²) < 4.78 is 31.5. The van der Waals surface area contributed by atoms with E-state index in [1.165, 1.54) is 38.3 Å². The Morgan fingerprint density at radius 2 is 1.56 bits per heavy atom. The number of hydrogen-bond acceptors (Lipinski definition) is 5. The number of rotatable bonds is 7. The van der Waals surface area contributed by atoms with E-state index in [-0.39, 0.29) is 28.7 Å². The topological polar surface area (TPSA) is 85.4 Å². The van der Waals surface area contributed by atoms with Crippen molar-refractivity contribution in [2.45, 2.75) is 75.0 Å². The molecule has 5 aliphatic rings. The van der Waals surface area contributed by atoms with Crippen LogP contribution in [0.4, 0.5) is 0 Å². The van der Waals surface area contributed by atoms with Gasteiger partial charge in [-0.1, -0.05) is 6.07 Å². The van der Waals surface area contributed by atoms with Crippen molar-refractivity contribution in [3.8, 4) is 5.75 Å². The summed E-state index contributed by atoms with van der Waals surface area (Å²) in [6, 6.07) is 12.9. The zero-order valence-electron chi connectivity index (χ0n) is 20.7. The van der Waals surface area contributed by atoms with Gasteiger partial charge in [-0.3, -0.25) is 4.79 Å². The van der Waals surface area contributed by atoms with Crippen molar-refractivity contribution in [1.82, 2.24) is 10.3 Å². The second-order valence-corrected chi connectivity index (χ2v) is 13.6. The van der Waals surface area contributed by atoms with Gasteiger partial charge in [-0.05, 0) is 124 Å². The third-order valence-electron chi connectivity index (χ3n) is 9.15. The van der Waals surface area contributed by atoms with E-state index in [1.807, 2.05) is 24.3 Å². The van der Waals surface area contributed by atoms with Crippen LogP contribution in [0.25, 0.3) is 0 Å². The molecular weight excluding hydrogens is 472 g/mol. The molecule has 7 heteroatoms. The molecule has 4 bridgehead atoms. The van der Waals surface area contributed by atoms with Crippen LogP contribution in [0, 0.1) is 29.6 Å². The van der Waals surface area contributed by atoms with Gasteiger partial charge in [0.05, 0.1) is 11.9 Å². The van der Waals surface area contributed by atoms with Gasteiger partial charge in [0, 0.05) is 17.8 Å². The molecule has 5 aliphatic carbocycles. The number of nitrogens with zero attached hydrogens (tertiary/aromatic N) is 1. The van der Waals surface area contributed by atoms with E-state index >= 15 is 0 Å². The number of pyridine rings is 1. The Morgan fingerprint density at radius 3 is 2.17 bits per heavy atom. The minimum Gasteiger partial charge on any atom is -0.490 e. The second kappa shape index (κ2) is 9.81. The van der Waals surface area contributed by atoms with Gasteiger partial charge in [-0.15, -0.1) is 0 Å². The number of benzene rings is 1. The fourth-order valence-electron chi connectivity index (χ4n) is 7.62. The highest BCUT2D eigenvalue weighted by Crippen LogP contribution is 2.53. The van der Waals surface area contributed by atoms with Gasteiger partial charge in [-0.25, -0.2) is 13.4 Å². The number of sulfone groups is 1. The van der Waals surface area contributed by atoms with Gasteiger partial charge in [0.15, 0.2) is 14.9 Å². The first kappa shape index (κ1) is 24.0. The van der Waals surface area contributed by atoms with E-state index in [2.05, 4.69) is 10.3 Å². The van der Waals surface area contributed by atoms with E-state index in [9.17, 15) is 13.2 Å². The van der Waals surface area contributed by atoms with Crippen LogP contribution in [0.2, 0.25) is 0 Å². The fourth-order valence-corrected chi connectivity index (χ4v) is 9.25. The predicted octanol–water partition coefficient (Wildman–Crippen LogP) is 5.05. The molecule has 0 atom stereocenters. The predicted molar refractivity (Wildman–Crippen MR) is 137 cm³/mol. The first-order chi connectivity index (χ1) is 17.4. The van der Waals surface area contributed by atoms with E-state index < -0.39 is 9.84 Å². The molecule has 1 aromatic carbocycles. The van der Waals surface area contributed by atoms with Crippen LogP contribution < -0.4 is 10.1 Å². The molecule has 1 heterocycles. The molecule has 6 nitrogen and oxygen atoms in total. The monoisotopic (exact) mass is 508 g/mol. The van der Waals surface area contributed by atoms with Crippen LogP contribution in [0.1, 0.15) is 68.1 Å². The normalized spacial score (nSPS) is 33.3. The van der Waals surface area contributed by atoms with Crippen molar-refractivity contribution < 1.29 is 17.9 Å². The molecule has 7 rings (SSSR count). The maximum Gasteiger partial charge on any atom is 0.251 e. The van der Waals surface area contributed by atoms with Crippen molar-refractivity contribution in [3.05, 3.63) is 54.2 Å². The van der Waals surface area contributed by atoms with Crippen molar-refractivity contribution in [2.24, 2.45) is 29.6 Å². The van der Waals surface area contributed by atoms with Crippen molar-refractivity contribution in [2.75, 3.05) is 5.75 Å². The lowest BCUT2D eigenvalue weighted by molar-refractivity contribution is -0.0119. The SMILES string of the molecule is O=C(NC1C2CC3CC(C2)CC1C3)c1ccc(OC2CCC(CS(=O)(=O)c3ccccn3)CC2)cc1. The third kappa shape index (κ3) is 5.04. The van der Waals surface area contributed by atoms with Crippen molar-refractivity contribution in [3.63, 3.8) is 0 Å². The molecule has 192 valence electrons. The molecule has 0 saturated heterocycles. The summed E-state index contributed by atoms with van der Waals surface area (Å²) in [5, 5.41) is 3.54.